The fourth-order valence-electron chi connectivity index (χ4n) is 2.77. The Hall–Kier alpha value is -3.57. The highest BCUT2D eigenvalue weighted by atomic mass is 32.2. The van der Waals surface area contributed by atoms with Crippen molar-refractivity contribution in [3.8, 4) is 6.07 Å². The molecule has 0 fully saturated rings. The lowest BCUT2D eigenvalue weighted by Gasteiger charge is -2.20. The number of esters is 1. The minimum atomic E-state index is -0.630. The zero-order valence-electron chi connectivity index (χ0n) is 18.1. The van der Waals surface area contributed by atoms with Crippen LogP contribution in [0.2, 0.25) is 0 Å². The number of thioether (sulfide) groups is 1. The van der Waals surface area contributed by atoms with Crippen molar-refractivity contribution in [3.63, 3.8) is 0 Å². The van der Waals surface area contributed by atoms with E-state index in [0.717, 1.165) is 5.57 Å². The third-order valence-corrected chi connectivity index (χ3v) is 5.34. The van der Waals surface area contributed by atoms with E-state index in [1.807, 2.05) is 19.9 Å². The molecule has 1 N–H and O–H groups in total. The summed E-state index contributed by atoms with van der Waals surface area (Å²) in [6.07, 6.45) is 0. The molecule has 0 atom stereocenters. The number of carbonyl (C=O) groups excluding carboxylic acids is 3. The van der Waals surface area contributed by atoms with Crippen LogP contribution < -0.4 is 5.32 Å². The average Bonchev–Trinajstić information content (AvgIpc) is 2.79. The van der Waals surface area contributed by atoms with Crippen molar-refractivity contribution in [2.24, 2.45) is 0 Å². The lowest BCUT2D eigenvalue weighted by atomic mass is 10.2. The first-order valence-corrected chi connectivity index (χ1v) is 10.9. The molecular weight excluding hydrogens is 426 g/mol. The van der Waals surface area contributed by atoms with Crippen LogP contribution in [-0.2, 0) is 14.3 Å². The number of nitrogens with zero attached hydrogens (tertiary/aromatic N) is 2. The zero-order valence-corrected chi connectivity index (χ0v) is 18.9. The van der Waals surface area contributed by atoms with Crippen molar-refractivity contribution in [1.82, 2.24) is 4.90 Å². The van der Waals surface area contributed by atoms with Gasteiger partial charge in [-0.1, -0.05) is 30.4 Å². The first kappa shape index (κ1) is 24.7. The van der Waals surface area contributed by atoms with E-state index in [1.165, 1.54) is 11.8 Å². The van der Waals surface area contributed by atoms with Crippen LogP contribution in [0.3, 0.4) is 0 Å². The van der Waals surface area contributed by atoms with Gasteiger partial charge in [-0.3, -0.25) is 9.59 Å². The van der Waals surface area contributed by atoms with Crippen LogP contribution in [0.15, 0.2) is 65.6 Å². The first-order valence-electron chi connectivity index (χ1n) is 9.95. The number of hydrogen-bond acceptors (Lipinski definition) is 6. The molecule has 2 aromatic rings. The third-order valence-electron chi connectivity index (χ3n) is 4.26. The van der Waals surface area contributed by atoms with Gasteiger partial charge in [0.2, 0.25) is 5.91 Å². The molecule has 0 unspecified atom stereocenters. The van der Waals surface area contributed by atoms with Gasteiger partial charge in [0.15, 0.2) is 6.61 Å². The molecule has 0 aliphatic heterocycles. The predicted octanol–water partition coefficient (Wildman–Crippen LogP) is 3.87. The Morgan fingerprint density at radius 1 is 1.19 bits per heavy atom. The number of benzene rings is 2. The van der Waals surface area contributed by atoms with Gasteiger partial charge in [0.05, 0.1) is 22.9 Å². The lowest BCUT2D eigenvalue weighted by Crippen LogP contribution is -2.35. The molecule has 166 valence electrons. The number of hydrogen-bond donors (Lipinski definition) is 1. The maximum atomic E-state index is 12.6. The zero-order chi connectivity index (χ0) is 23.5. The number of anilines is 1. The highest BCUT2D eigenvalue weighted by Crippen LogP contribution is 2.24. The van der Waals surface area contributed by atoms with Crippen molar-refractivity contribution >= 4 is 35.2 Å². The molecule has 0 bridgehead atoms. The summed E-state index contributed by atoms with van der Waals surface area (Å²) in [6.45, 7) is 8.00. The van der Waals surface area contributed by atoms with Gasteiger partial charge in [0, 0.05) is 23.7 Å². The Kier molecular flexibility index (Phi) is 9.51. The third kappa shape index (κ3) is 7.60. The molecule has 2 aromatic carbocycles. The summed E-state index contributed by atoms with van der Waals surface area (Å²) in [7, 11) is 0. The molecule has 0 radical (unpaired) electrons. The Morgan fingerprint density at radius 2 is 1.94 bits per heavy atom. The summed E-state index contributed by atoms with van der Waals surface area (Å²) >= 11 is 1.18. The van der Waals surface area contributed by atoms with Gasteiger partial charge in [0.1, 0.15) is 0 Å². The Labute approximate surface area is 192 Å². The van der Waals surface area contributed by atoms with Crippen molar-refractivity contribution in [2.75, 3.05) is 30.8 Å². The van der Waals surface area contributed by atoms with Gasteiger partial charge in [-0.05, 0) is 44.2 Å². The molecule has 0 aromatic heterocycles. The average molecular weight is 452 g/mol. The number of likely N-dealkylation sites (N-methyl/N-ethyl adjacent to an activating group) is 1. The van der Waals surface area contributed by atoms with Crippen LogP contribution in [0.25, 0.3) is 0 Å². The van der Waals surface area contributed by atoms with Crippen molar-refractivity contribution in [2.45, 2.75) is 18.7 Å². The predicted molar refractivity (Wildman–Crippen MR) is 124 cm³/mol. The molecule has 8 heteroatoms. The number of ether oxygens (including phenoxy) is 1. The second kappa shape index (κ2) is 12.3. The number of rotatable bonds is 10. The quantitative estimate of drug-likeness (QED) is 0.334. The molecule has 0 saturated carbocycles. The molecule has 0 spiro atoms. The second-order valence-corrected chi connectivity index (χ2v) is 7.98. The molecule has 32 heavy (non-hydrogen) atoms. The number of nitrogens with one attached hydrogen (secondary N) is 1. The summed E-state index contributed by atoms with van der Waals surface area (Å²) in [5, 5.41) is 11.7. The van der Waals surface area contributed by atoms with Crippen LogP contribution in [0.4, 0.5) is 5.69 Å². The minimum absolute atomic E-state index is 0.0578. The summed E-state index contributed by atoms with van der Waals surface area (Å²) in [4.78, 5) is 39.3. The monoisotopic (exact) mass is 451 g/mol. The van der Waals surface area contributed by atoms with Gasteiger partial charge in [-0.15, -0.1) is 11.8 Å². The van der Waals surface area contributed by atoms with E-state index in [1.54, 1.807) is 53.4 Å². The van der Waals surface area contributed by atoms with Gasteiger partial charge in [-0.2, -0.15) is 5.26 Å². The van der Waals surface area contributed by atoms with E-state index in [-0.39, 0.29) is 29.7 Å². The summed E-state index contributed by atoms with van der Waals surface area (Å²) in [5.74, 6) is -1.15. The van der Waals surface area contributed by atoms with Crippen LogP contribution in [-0.4, -0.2) is 48.1 Å². The van der Waals surface area contributed by atoms with Crippen molar-refractivity contribution in [3.05, 3.63) is 71.8 Å². The maximum absolute atomic E-state index is 12.6. The van der Waals surface area contributed by atoms with E-state index in [9.17, 15) is 14.4 Å². The number of amides is 2. The molecule has 0 aliphatic carbocycles. The summed E-state index contributed by atoms with van der Waals surface area (Å²) in [6, 6.07) is 15.4. The molecule has 0 heterocycles. The highest BCUT2D eigenvalue weighted by molar-refractivity contribution is 8.00. The standard InChI is InChI=1S/C24H25N3O4S/c1-4-27(14-17(2)3)23(29)15-31-24(30)20-10-5-6-11-21(20)32-16-22(28)26-19-9-7-8-18(12-19)13-25/h5-12H,2,4,14-16H2,1,3H3,(H,26,28). The van der Waals surface area contributed by atoms with Crippen molar-refractivity contribution in [1.29, 1.82) is 5.26 Å². The van der Waals surface area contributed by atoms with Gasteiger partial charge in [-0.25, -0.2) is 4.79 Å². The fraction of sp³-hybridized carbons (Fsp3) is 0.250. The largest absolute Gasteiger partial charge is 0.452 e. The van der Waals surface area contributed by atoms with E-state index < -0.39 is 5.97 Å². The van der Waals surface area contributed by atoms with Crippen molar-refractivity contribution < 1.29 is 19.1 Å². The Balaban J connectivity index is 1.95. The highest BCUT2D eigenvalue weighted by Gasteiger charge is 2.18. The maximum Gasteiger partial charge on any atom is 0.339 e. The SMILES string of the molecule is C=C(C)CN(CC)C(=O)COC(=O)c1ccccc1SCC(=O)Nc1cccc(C#N)c1. The summed E-state index contributed by atoms with van der Waals surface area (Å²) < 4.78 is 5.22. The Bertz CT molecular complexity index is 1050. The topological polar surface area (TPSA) is 99.5 Å². The molecule has 0 saturated heterocycles. The summed E-state index contributed by atoms with van der Waals surface area (Å²) in [5.41, 5.74) is 2.09. The fourth-order valence-corrected chi connectivity index (χ4v) is 3.61. The van der Waals surface area contributed by atoms with Gasteiger partial charge >= 0.3 is 5.97 Å². The lowest BCUT2D eigenvalue weighted by molar-refractivity contribution is -0.133. The molecule has 7 nitrogen and oxygen atoms in total. The van der Waals surface area contributed by atoms with Crippen LogP contribution >= 0.6 is 11.8 Å². The van der Waals surface area contributed by atoms with E-state index in [0.29, 0.717) is 29.2 Å². The number of nitriles is 1. The van der Waals surface area contributed by atoms with Crippen LogP contribution in [0.1, 0.15) is 29.8 Å². The minimum Gasteiger partial charge on any atom is -0.452 e. The number of carbonyl (C=O) groups is 3. The van der Waals surface area contributed by atoms with Crippen LogP contribution in [0, 0.1) is 11.3 Å². The molecule has 2 amide bonds. The normalized spacial score (nSPS) is 10.0. The van der Waals surface area contributed by atoms with E-state index in [4.69, 9.17) is 10.00 Å². The van der Waals surface area contributed by atoms with E-state index in [2.05, 4.69) is 11.9 Å². The van der Waals surface area contributed by atoms with Crippen LogP contribution in [0.5, 0.6) is 0 Å². The Morgan fingerprint density at radius 3 is 2.62 bits per heavy atom. The second-order valence-electron chi connectivity index (χ2n) is 6.97. The molecule has 0 aliphatic rings. The van der Waals surface area contributed by atoms with Gasteiger partial charge < -0.3 is 15.0 Å². The van der Waals surface area contributed by atoms with E-state index >= 15 is 0 Å². The molecule has 2 rings (SSSR count). The van der Waals surface area contributed by atoms with Gasteiger partial charge in [0.25, 0.3) is 5.91 Å². The first-order chi connectivity index (χ1) is 15.3. The smallest absolute Gasteiger partial charge is 0.339 e. The molecular formula is C24H25N3O4S.